The first-order chi connectivity index (χ1) is 15.5. The molecule has 0 spiro atoms. The fourth-order valence-electron chi connectivity index (χ4n) is 3.99. The molecule has 0 bridgehead atoms. The number of carbonyl (C=O) groups is 2. The third kappa shape index (κ3) is 18.5. The standard InChI is InChI=1S/C27H45NO4.Ba.2H/c1-2-3-4-5-6-7-8-9-10-11-12-13-14-15-16-17-26(30)28-25(27(31)32)22-23-18-20-24(29)21-19-23;;;/h18-21,25,29H,2-17,22H2,1H3,(H,28,30)(H,31,32);;;/t25-;;;/m0.../s1. The number of hydrogen-bond acceptors (Lipinski definition) is 3. The molecule has 0 aromatic heterocycles. The zero-order valence-corrected chi connectivity index (χ0v) is 20.1. The molecule has 0 unspecified atom stereocenters. The van der Waals surface area contributed by atoms with Crippen LogP contribution in [0, 0.1) is 0 Å². The van der Waals surface area contributed by atoms with Crippen molar-refractivity contribution in [1.29, 1.82) is 0 Å². The number of carbonyl (C=O) groups excluding carboxylic acids is 1. The molecule has 0 aliphatic heterocycles. The Hall–Kier alpha value is -0.469. The van der Waals surface area contributed by atoms with Gasteiger partial charge in [0.2, 0.25) is 5.91 Å². The van der Waals surface area contributed by atoms with E-state index in [9.17, 15) is 19.8 Å². The summed E-state index contributed by atoms with van der Waals surface area (Å²) < 4.78 is 0. The van der Waals surface area contributed by atoms with E-state index in [-0.39, 0.29) is 67.0 Å². The average Bonchev–Trinajstić information content (AvgIpc) is 2.77. The maximum atomic E-state index is 12.1. The number of phenols is 1. The quantitative estimate of drug-likeness (QED) is 0.132. The summed E-state index contributed by atoms with van der Waals surface area (Å²) in [5.41, 5.74) is 0.766. The van der Waals surface area contributed by atoms with E-state index in [1.165, 1.54) is 89.2 Å². The van der Waals surface area contributed by atoms with E-state index in [1.54, 1.807) is 12.1 Å². The van der Waals surface area contributed by atoms with Gasteiger partial charge in [0.25, 0.3) is 0 Å². The summed E-state index contributed by atoms with van der Waals surface area (Å²) in [6.45, 7) is 2.26. The topological polar surface area (TPSA) is 86.6 Å². The van der Waals surface area contributed by atoms with E-state index in [1.807, 2.05) is 0 Å². The number of amides is 1. The number of benzene rings is 1. The summed E-state index contributed by atoms with van der Waals surface area (Å²) >= 11 is 0. The molecular formula is C27H47BaNO4. The van der Waals surface area contributed by atoms with Gasteiger partial charge in [-0.05, 0) is 24.1 Å². The summed E-state index contributed by atoms with van der Waals surface area (Å²) in [5.74, 6) is -1.10. The van der Waals surface area contributed by atoms with Crippen LogP contribution in [0.3, 0.4) is 0 Å². The normalized spacial score (nSPS) is 11.5. The SMILES string of the molecule is CCCCCCCCCCCCCCCCCC(=O)N[C@@H](Cc1ccc(O)cc1)C(=O)O.[BaH2]. The van der Waals surface area contributed by atoms with Crippen LogP contribution in [0.25, 0.3) is 0 Å². The van der Waals surface area contributed by atoms with Crippen LogP contribution in [0.15, 0.2) is 24.3 Å². The van der Waals surface area contributed by atoms with Crippen molar-refractivity contribution in [2.24, 2.45) is 0 Å². The van der Waals surface area contributed by atoms with Crippen molar-refractivity contribution in [2.45, 2.75) is 122 Å². The number of phenolic OH excluding ortho intramolecular Hbond substituents is 1. The van der Waals surface area contributed by atoms with Crippen LogP contribution in [0.2, 0.25) is 0 Å². The summed E-state index contributed by atoms with van der Waals surface area (Å²) in [5, 5.41) is 21.3. The van der Waals surface area contributed by atoms with E-state index in [4.69, 9.17) is 0 Å². The van der Waals surface area contributed by atoms with Crippen molar-refractivity contribution in [3.05, 3.63) is 29.8 Å². The number of carboxylic acid groups (broad SMARTS) is 1. The number of rotatable bonds is 20. The Morgan fingerprint density at radius 2 is 1.18 bits per heavy atom. The predicted octanol–water partition coefficient (Wildman–Crippen LogP) is 5.85. The van der Waals surface area contributed by atoms with E-state index in [0.29, 0.717) is 6.42 Å². The van der Waals surface area contributed by atoms with Gasteiger partial charge in [-0.1, -0.05) is 109 Å². The Balaban J connectivity index is 0.0000102. The molecule has 0 aliphatic rings. The molecule has 0 radical (unpaired) electrons. The van der Waals surface area contributed by atoms with Crippen molar-refractivity contribution in [3.8, 4) is 5.75 Å². The van der Waals surface area contributed by atoms with Gasteiger partial charge in [-0.2, -0.15) is 0 Å². The molecule has 5 nitrogen and oxygen atoms in total. The van der Waals surface area contributed by atoms with Crippen LogP contribution >= 0.6 is 0 Å². The second-order valence-corrected chi connectivity index (χ2v) is 9.03. The fraction of sp³-hybridized carbons (Fsp3) is 0.704. The molecule has 1 aromatic rings. The molecule has 1 atom stereocenters. The van der Waals surface area contributed by atoms with Gasteiger partial charge in [0.15, 0.2) is 0 Å². The number of aromatic hydroxyl groups is 1. The van der Waals surface area contributed by atoms with Gasteiger partial charge < -0.3 is 15.5 Å². The average molecular weight is 587 g/mol. The first-order valence-electron chi connectivity index (χ1n) is 12.8. The Kier molecular flexibility index (Phi) is 21.7. The number of carboxylic acids is 1. The maximum absolute atomic E-state index is 12.1. The molecule has 0 saturated carbocycles. The van der Waals surface area contributed by atoms with E-state index in [2.05, 4.69) is 12.2 Å². The van der Waals surface area contributed by atoms with Crippen LogP contribution in [-0.2, 0) is 16.0 Å². The van der Waals surface area contributed by atoms with Crippen LogP contribution in [0.1, 0.15) is 115 Å². The summed E-state index contributed by atoms with van der Waals surface area (Å²) in [4.78, 5) is 23.6. The van der Waals surface area contributed by atoms with Gasteiger partial charge in [-0.3, -0.25) is 4.79 Å². The molecule has 0 aliphatic carbocycles. The summed E-state index contributed by atoms with van der Waals surface area (Å²) in [6.07, 6.45) is 19.7. The Bertz CT molecular complexity index is 621. The summed E-state index contributed by atoms with van der Waals surface area (Å²) in [7, 11) is 0. The van der Waals surface area contributed by atoms with Crippen molar-refractivity contribution < 1.29 is 19.8 Å². The van der Waals surface area contributed by atoms with Crippen LogP contribution in [-0.4, -0.2) is 77.0 Å². The van der Waals surface area contributed by atoms with E-state index in [0.717, 1.165) is 24.8 Å². The van der Waals surface area contributed by atoms with Crippen LogP contribution in [0.4, 0.5) is 0 Å². The first-order valence-corrected chi connectivity index (χ1v) is 12.8. The molecule has 33 heavy (non-hydrogen) atoms. The van der Waals surface area contributed by atoms with Crippen molar-refractivity contribution in [3.63, 3.8) is 0 Å². The van der Waals surface area contributed by atoms with E-state index >= 15 is 0 Å². The molecule has 0 saturated heterocycles. The third-order valence-electron chi connectivity index (χ3n) is 6.02. The van der Waals surface area contributed by atoms with Gasteiger partial charge in [-0.25, -0.2) is 4.79 Å². The molecule has 0 heterocycles. The Labute approximate surface area is 241 Å². The molecular weight excluding hydrogens is 540 g/mol. The number of hydrogen-bond donors (Lipinski definition) is 3. The number of unbranched alkanes of at least 4 members (excludes halogenated alkanes) is 14. The molecule has 1 aromatic carbocycles. The van der Waals surface area contributed by atoms with Crippen LogP contribution in [0.5, 0.6) is 5.75 Å². The Morgan fingerprint density at radius 1 is 0.758 bits per heavy atom. The zero-order valence-electron chi connectivity index (χ0n) is 20.1. The summed E-state index contributed by atoms with van der Waals surface area (Å²) in [6, 6.07) is 5.44. The fourth-order valence-corrected chi connectivity index (χ4v) is 3.99. The van der Waals surface area contributed by atoms with Gasteiger partial charge >= 0.3 is 54.9 Å². The minimum atomic E-state index is -1.04. The minimum absolute atomic E-state index is 0. The van der Waals surface area contributed by atoms with Gasteiger partial charge in [0.05, 0.1) is 0 Å². The Morgan fingerprint density at radius 3 is 1.61 bits per heavy atom. The third-order valence-corrected chi connectivity index (χ3v) is 6.02. The molecule has 0 fully saturated rings. The van der Waals surface area contributed by atoms with Crippen LogP contribution < -0.4 is 5.32 Å². The van der Waals surface area contributed by atoms with E-state index < -0.39 is 12.0 Å². The molecule has 1 rings (SSSR count). The second-order valence-electron chi connectivity index (χ2n) is 9.03. The van der Waals surface area contributed by atoms with Gasteiger partial charge in [0, 0.05) is 12.8 Å². The number of nitrogens with one attached hydrogen (secondary N) is 1. The van der Waals surface area contributed by atoms with Gasteiger partial charge in [-0.15, -0.1) is 0 Å². The second kappa shape index (κ2) is 22.0. The molecule has 1 amide bonds. The first kappa shape index (κ1) is 32.5. The van der Waals surface area contributed by atoms with Gasteiger partial charge in [0.1, 0.15) is 11.8 Å². The zero-order chi connectivity index (χ0) is 23.4. The molecule has 186 valence electrons. The monoisotopic (exact) mass is 587 g/mol. The molecule has 6 heteroatoms. The number of aliphatic carboxylic acids is 1. The van der Waals surface area contributed by atoms with Crippen molar-refractivity contribution >= 4 is 60.8 Å². The van der Waals surface area contributed by atoms with Crippen molar-refractivity contribution in [1.82, 2.24) is 5.32 Å². The predicted molar refractivity (Wildman–Crippen MR) is 139 cm³/mol. The van der Waals surface area contributed by atoms with Crippen molar-refractivity contribution in [2.75, 3.05) is 0 Å². The molecule has 3 N–H and O–H groups in total.